The van der Waals surface area contributed by atoms with Crippen molar-refractivity contribution in [3.63, 3.8) is 0 Å². The third-order valence-electron chi connectivity index (χ3n) is 3.14. The zero-order valence-corrected chi connectivity index (χ0v) is 13.4. The number of halogens is 1. The highest BCUT2D eigenvalue weighted by atomic mass is 79.9. The van der Waals surface area contributed by atoms with Gasteiger partial charge in [-0.05, 0) is 37.0 Å². The summed E-state index contributed by atoms with van der Waals surface area (Å²) in [5.74, 6) is 1.49. The monoisotopic (exact) mass is 344 g/mol. The van der Waals surface area contributed by atoms with E-state index < -0.39 is 0 Å². The maximum absolute atomic E-state index is 5.76. The molecule has 5 heteroatoms. The van der Waals surface area contributed by atoms with E-state index in [2.05, 4.69) is 15.9 Å². The molecule has 20 heavy (non-hydrogen) atoms. The van der Waals surface area contributed by atoms with Gasteiger partial charge in [0, 0.05) is 11.9 Å². The first kappa shape index (κ1) is 15.6. The highest BCUT2D eigenvalue weighted by Crippen LogP contribution is 2.28. The van der Waals surface area contributed by atoms with Crippen LogP contribution in [0.2, 0.25) is 0 Å². The minimum atomic E-state index is -0.0703. The van der Waals surface area contributed by atoms with E-state index in [9.17, 15) is 0 Å². The van der Waals surface area contributed by atoms with Crippen LogP contribution >= 0.6 is 15.9 Å². The van der Waals surface area contributed by atoms with Gasteiger partial charge in [-0.25, -0.2) is 0 Å². The zero-order chi connectivity index (χ0) is 14.2. The van der Waals surface area contributed by atoms with Crippen molar-refractivity contribution >= 4 is 15.9 Å². The van der Waals surface area contributed by atoms with E-state index in [1.165, 1.54) is 6.42 Å². The predicted molar refractivity (Wildman–Crippen MR) is 80.7 cm³/mol. The van der Waals surface area contributed by atoms with E-state index in [0.717, 1.165) is 41.8 Å². The van der Waals surface area contributed by atoms with Crippen molar-refractivity contribution in [3.05, 3.63) is 23.8 Å². The number of hydrogen-bond acceptors (Lipinski definition) is 4. The summed E-state index contributed by atoms with van der Waals surface area (Å²) in [6.45, 7) is 1.94. The molecule has 0 bridgehead atoms. The van der Waals surface area contributed by atoms with E-state index in [1.807, 2.05) is 18.2 Å². The molecule has 0 N–H and O–H groups in total. The van der Waals surface area contributed by atoms with Crippen molar-refractivity contribution in [1.82, 2.24) is 0 Å². The lowest BCUT2D eigenvalue weighted by Crippen LogP contribution is -2.22. The van der Waals surface area contributed by atoms with Gasteiger partial charge in [-0.15, -0.1) is 0 Å². The Labute approximate surface area is 128 Å². The topological polar surface area (TPSA) is 36.9 Å². The van der Waals surface area contributed by atoms with Crippen molar-refractivity contribution in [2.24, 2.45) is 0 Å². The summed E-state index contributed by atoms with van der Waals surface area (Å²) in [6.07, 6.45) is 3.21. The lowest BCUT2D eigenvalue weighted by molar-refractivity contribution is -0.168. The van der Waals surface area contributed by atoms with Gasteiger partial charge in [0.1, 0.15) is 0 Å². The van der Waals surface area contributed by atoms with Gasteiger partial charge in [0.2, 0.25) is 0 Å². The average molecular weight is 345 g/mol. The summed E-state index contributed by atoms with van der Waals surface area (Å²) in [5, 5.41) is 0.792. The highest BCUT2D eigenvalue weighted by Gasteiger charge is 2.14. The molecule has 1 fully saturated rings. The molecule has 0 spiro atoms. The maximum atomic E-state index is 5.76. The first-order valence-electron chi connectivity index (χ1n) is 6.92. The van der Waals surface area contributed by atoms with Gasteiger partial charge < -0.3 is 18.9 Å². The first-order valence-corrected chi connectivity index (χ1v) is 8.04. The smallest absolute Gasteiger partial charge is 0.161 e. The highest BCUT2D eigenvalue weighted by molar-refractivity contribution is 9.09. The molecule has 0 aliphatic carbocycles. The molecule has 1 heterocycles. The Bertz CT molecular complexity index is 405. The van der Waals surface area contributed by atoms with Crippen LogP contribution < -0.4 is 9.47 Å². The molecule has 0 radical (unpaired) electrons. The normalized spacial score (nSPS) is 18.8. The molecule has 1 aromatic carbocycles. The van der Waals surface area contributed by atoms with E-state index in [4.69, 9.17) is 18.9 Å². The standard InChI is InChI=1S/C15H21BrO4/c1-17-14-10-12(5-6-13(14)18-9-7-16)11-20-15-4-2-3-8-19-15/h5-6,10,15H,2-4,7-9,11H2,1H3. The van der Waals surface area contributed by atoms with E-state index in [0.29, 0.717) is 13.2 Å². The van der Waals surface area contributed by atoms with Gasteiger partial charge in [-0.3, -0.25) is 0 Å². The molecule has 0 aromatic heterocycles. The Morgan fingerprint density at radius 1 is 1.30 bits per heavy atom. The summed E-state index contributed by atoms with van der Waals surface area (Å²) in [4.78, 5) is 0. The van der Waals surface area contributed by atoms with Gasteiger partial charge in [-0.1, -0.05) is 22.0 Å². The second-order valence-corrected chi connectivity index (χ2v) is 5.42. The van der Waals surface area contributed by atoms with E-state index >= 15 is 0 Å². The van der Waals surface area contributed by atoms with Crippen molar-refractivity contribution in [3.8, 4) is 11.5 Å². The Kier molecular flexibility index (Phi) is 6.63. The quantitative estimate of drug-likeness (QED) is 0.709. The van der Waals surface area contributed by atoms with Crippen LogP contribution in [0, 0.1) is 0 Å². The van der Waals surface area contributed by atoms with E-state index in [1.54, 1.807) is 7.11 Å². The molecule has 4 nitrogen and oxygen atoms in total. The molecule has 0 amide bonds. The molecular formula is C15H21BrO4. The van der Waals surface area contributed by atoms with Crippen molar-refractivity contribution < 1.29 is 18.9 Å². The fourth-order valence-electron chi connectivity index (χ4n) is 2.10. The van der Waals surface area contributed by atoms with Gasteiger partial charge in [0.05, 0.1) is 20.3 Å². The molecule has 112 valence electrons. The molecule has 1 aliphatic rings. The SMILES string of the molecule is COc1cc(COC2CCCCO2)ccc1OCCBr. The fourth-order valence-corrected chi connectivity index (χ4v) is 2.26. The van der Waals surface area contributed by atoms with Gasteiger partial charge >= 0.3 is 0 Å². The number of hydrogen-bond donors (Lipinski definition) is 0. The summed E-state index contributed by atoms with van der Waals surface area (Å²) in [7, 11) is 1.64. The third-order valence-corrected chi connectivity index (χ3v) is 3.46. The van der Waals surface area contributed by atoms with Crippen LogP contribution in [-0.4, -0.2) is 31.9 Å². The minimum Gasteiger partial charge on any atom is -0.493 e. The van der Waals surface area contributed by atoms with Crippen LogP contribution in [0.3, 0.4) is 0 Å². The largest absolute Gasteiger partial charge is 0.493 e. The minimum absolute atomic E-state index is 0.0703. The molecule has 1 aliphatic heterocycles. The third kappa shape index (κ3) is 4.65. The fraction of sp³-hybridized carbons (Fsp3) is 0.600. The Morgan fingerprint density at radius 2 is 2.20 bits per heavy atom. The van der Waals surface area contributed by atoms with Crippen molar-refractivity contribution in [2.45, 2.75) is 32.2 Å². The van der Waals surface area contributed by atoms with Crippen LogP contribution in [0.15, 0.2) is 18.2 Å². The van der Waals surface area contributed by atoms with Crippen LogP contribution in [0.1, 0.15) is 24.8 Å². The first-order chi connectivity index (χ1) is 9.83. The van der Waals surface area contributed by atoms with Crippen LogP contribution in [0.25, 0.3) is 0 Å². The molecular weight excluding hydrogens is 324 g/mol. The van der Waals surface area contributed by atoms with E-state index in [-0.39, 0.29) is 6.29 Å². The number of benzene rings is 1. The Balaban J connectivity index is 1.90. The zero-order valence-electron chi connectivity index (χ0n) is 11.8. The summed E-state index contributed by atoms with van der Waals surface area (Å²) in [5.41, 5.74) is 1.06. The average Bonchev–Trinajstić information content (AvgIpc) is 2.52. The van der Waals surface area contributed by atoms with Crippen LogP contribution in [-0.2, 0) is 16.1 Å². The summed E-state index contributed by atoms with van der Waals surface area (Å²) < 4.78 is 22.3. The summed E-state index contributed by atoms with van der Waals surface area (Å²) in [6, 6.07) is 5.86. The molecule has 1 saturated heterocycles. The lowest BCUT2D eigenvalue weighted by Gasteiger charge is -2.22. The van der Waals surface area contributed by atoms with Gasteiger partial charge in [-0.2, -0.15) is 0 Å². The van der Waals surface area contributed by atoms with Crippen molar-refractivity contribution in [2.75, 3.05) is 25.7 Å². The van der Waals surface area contributed by atoms with Crippen molar-refractivity contribution in [1.29, 1.82) is 0 Å². The Hall–Kier alpha value is -0.780. The lowest BCUT2D eigenvalue weighted by atomic mass is 10.2. The van der Waals surface area contributed by atoms with Crippen LogP contribution in [0.5, 0.6) is 11.5 Å². The van der Waals surface area contributed by atoms with Gasteiger partial charge in [0.15, 0.2) is 17.8 Å². The molecule has 2 rings (SSSR count). The molecule has 1 atom stereocenters. The summed E-state index contributed by atoms with van der Waals surface area (Å²) >= 11 is 3.34. The number of alkyl halides is 1. The number of methoxy groups -OCH3 is 1. The second-order valence-electron chi connectivity index (χ2n) is 4.63. The molecule has 0 saturated carbocycles. The number of rotatable bonds is 7. The molecule has 1 unspecified atom stereocenters. The van der Waals surface area contributed by atoms with Crippen LogP contribution in [0.4, 0.5) is 0 Å². The number of ether oxygens (including phenoxy) is 4. The maximum Gasteiger partial charge on any atom is 0.161 e. The predicted octanol–water partition coefficient (Wildman–Crippen LogP) is 3.51. The van der Waals surface area contributed by atoms with Gasteiger partial charge in [0.25, 0.3) is 0 Å². The second kappa shape index (κ2) is 8.49. The molecule has 1 aromatic rings. The Morgan fingerprint density at radius 3 is 2.90 bits per heavy atom.